The summed E-state index contributed by atoms with van der Waals surface area (Å²) in [6.07, 6.45) is -0.866. The fourth-order valence-corrected chi connectivity index (χ4v) is 2.22. The molecule has 3 atom stereocenters. The number of carboxylic acids is 1. The van der Waals surface area contributed by atoms with Gasteiger partial charge in [0.15, 0.2) is 0 Å². The summed E-state index contributed by atoms with van der Waals surface area (Å²) in [4.78, 5) is 36.0. The van der Waals surface area contributed by atoms with Crippen LogP contribution in [-0.2, 0) is 14.4 Å². The van der Waals surface area contributed by atoms with Gasteiger partial charge in [-0.1, -0.05) is 13.8 Å². The molecule has 0 aromatic carbocycles. The molecule has 1 rings (SSSR count). The summed E-state index contributed by atoms with van der Waals surface area (Å²) in [5.41, 5.74) is 5.20. The molecular weight excluding hydrogens is 266 g/mol. The average molecular weight is 287 g/mol. The van der Waals surface area contributed by atoms with Crippen molar-refractivity contribution >= 4 is 17.8 Å². The van der Waals surface area contributed by atoms with Gasteiger partial charge in [0.2, 0.25) is 11.8 Å². The summed E-state index contributed by atoms with van der Waals surface area (Å²) in [5.74, 6) is -2.37. The van der Waals surface area contributed by atoms with Gasteiger partial charge in [-0.3, -0.25) is 9.59 Å². The van der Waals surface area contributed by atoms with E-state index in [1.54, 1.807) is 13.8 Å². The minimum absolute atomic E-state index is 0.00325. The highest BCUT2D eigenvalue weighted by Gasteiger charge is 2.42. The van der Waals surface area contributed by atoms with Crippen LogP contribution in [0.1, 0.15) is 20.3 Å². The number of carbonyl (C=O) groups is 3. The Morgan fingerprint density at radius 2 is 2.00 bits per heavy atom. The van der Waals surface area contributed by atoms with Crippen molar-refractivity contribution in [3.63, 3.8) is 0 Å². The molecule has 114 valence electrons. The molecule has 0 unspecified atom stereocenters. The van der Waals surface area contributed by atoms with Crippen LogP contribution in [0.2, 0.25) is 0 Å². The zero-order valence-electron chi connectivity index (χ0n) is 11.6. The van der Waals surface area contributed by atoms with Crippen LogP contribution in [0, 0.1) is 5.92 Å². The first-order valence-electron chi connectivity index (χ1n) is 6.48. The molecule has 5 N–H and O–H groups in total. The number of hydrogen-bond acceptors (Lipinski definition) is 5. The first-order valence-corrected chi connectivity index (χ1v) is 6.48. The number of aliphatic hydroxyl groups is 1. The largest absolute Gasteiger partial charge is 0.480 e. The molecule has 0 radical (unpaired) electrons. The molecule has 8 heteroatoms. The number of carboxylic acid groups (broad SMARTS) is 1. The van der Waals surface area contributed by atoms with Crippen LogP contribution in [0.5, 0.6) is 0 Å². The van der Waals surface area contributed by atoms with E-state index in [4.69, 9.17) is 10.8 Å². The van der Waals surface area contributed by atoms with Crippen LogP contribution in [0.3, 0.4) is 0 Å². The van der Waals surface area contributed by atoms with E-state index in [2.05, 4.69) is 5.32 Å². The second kappa shape index (κ2) is 6.67. The Morgan fingerprint density at radius 3 is 2.45 bits per heavy atom. The molecule has 2 amide bonds. The predicted octanol–water partition coefficient (Wildman–Crippen LogP) is -1.87. The molecule has 0 spiro atoms. The molecule has 20 heavy (non-hydrogen) atoms. The van der Waals surface area contributed by atoms with E-state index < -0.39 is 36.0 Å². The molecule has 1 aliphatic heterocycles. The van der Waals surface area contributed by atoms with E-state index in [-0.39, 0.29) is 25.4 Å². The smallest absolute Gasteiger partial charge is 0.326 e. The molecule has 0 bridgehead atoms. The maximum atomic E-state index is 12.4. The lowest BCUT2D eigenvalue weighted by molar-refractivity contribution is -0.149. The number of nitrogens with two attached hydrogens (primary N) is 1. The number of aliphatic carboxylic acids is 1. The third-order valence-electron chi connectivity index (χ3n) is 3.28. The van der Waals surface area contributed by atoms with Gasteiger partial charge >= 0.3 is 5.97 Å². The maximum Gasteiger partial charge on any atom is 0.326 e. The summed E-state index contributed by atoms with van der Waals surface area (Å²) in [6, 6.07) is -1.91. The van der Waals surface area contributed by atoms with Crippen LogP contribution in [0.25, 0.3) is 0 Å². The number of carbonyl (C=O) groups excluding carboxylic acids is 2. The van der Waals surface area contributed by atoms with Gasteiger partial charge in [0.1, 0.15) is 12.1 Å². The van der Waals surface area contributed by atoms with Crippen molar-refractivity contribution in [2.24, 2.45) is 11.7 Å². The van der Waals surface area contributed by atoms with Gasteiger partial charge in [0.05, 0.1) is 12.6 Å². The Balaban J connectivity index is 2.88. The molecule has 0 aromatic rings. The van der Waals surface area contributed by atoms with Gasteiger partial charge in [-0.2, -0.15) is 0 Å². The van der Waals surface area contributed by atoms with E-state index in [9.17, 15) is 19.5 Å². The lowest BCUT2D eigenvalue weighted by Gasteiger charge is -2.29. The van der Waals surface area contributed by atoms with Gasteiger partial charge in [0.25, 0.3) is 0 Å². The third-order valence-corrected chi connectivity index (χ3v) is 3.28. The van der Waals surface area contributed by atoms with Crippen LogP contribution < -0.4 is 11.1 Å². The molecule has 1 fully saturated rings. The molecule has 1 heterocycles. The SMILES string of the molecule is CC(C)[C@@H](NC(=O)CN)C(=O)N1C[C@H](O)C[C@H]1C(=O)O. The van der Waals surface area contributed by atoms with Gasteiger partial charge < -0.3 is 26.2 Å². The molecule has 8 nitrogen and oxygen atoms in total. The number of nitrogens with zero attached hydrogens (tertiary/aromatic N) is 1. The highest BCUT2D eigenvalue weighted by Crippen LogP contribution is 2.20. The molecule has 1 aliphatic rings. The Morgan fingerprint density at radius 1 is 1.40 bits per heavy atom. The number of hydrogen-bond donors (Lipinski definition) is 4. The second-order valence-electron chi connectivity index (χ2n) is 5.23. The van der Waals surface area contributed by atoms with Crippen molar-refractivity contribution in [2.45, 2.75) is 38.5 Å². The summed E-state index contributed by atoms with van der Waals surface area (Å²) >= 11 is 0. The number of rotatable bonds is 5. The highest BCUT2D eigenvalue weighted by molar-refractivity contribution is 5.91. The van der Waals surface area contributed by atoms with Crippen molar-refractivity contribution < 1.29 is 24.6 Å². The number of nitrogens with one attached hydrogen (secondary N) is 1. The van der Waals surface area contributed by atoms with Gasteiger partial charge in [-0.25, -0.2) is 4.79 Å². The van der Waals surface area contributed by atoms with Crippen molar-refractivity contribution in [1.82, 2.24) is 10.2 Å². The van der Waals surface area contributed by atoms with Gasteiger partial charge in [-0.05, 0) is 5.92 Å². The number of amides is 2. The molecule has 1 saturated heterocycles. The fourth-order valence-electron chi connectivity index (χ4n) is 2.22. The van der Waals surface area contributed by atoms with E-state index in [1.807, 2.05) is 0 Å². The summed E-state index contributed by atoms with van der Waals surface area (Å²) in [6.45, 7) is 3.18. The Kier molecular flexibility index (Phi) is 5.46. The van der Waals surface area contributed by atoms with Crippen LogP contribution in [0.15, 0.2) is 0 Å². The van der Waals surface area contributed by atoms with E-state index in [0.29, 0.717) is 0 Å². The second-order valence-corrected chi connectivity index (χ2v) is 5.23. The lowest BCUT2D eigenvalue weighted by Crippen LogP contribution is -2.54. The lowest BCUT2D eigenvalue weighted by atomic mass is 10.0. The third kappa shape index (κ3) is 3.67. The average Bonchev–Trinajstić information content (AvgIpc) is 2.76. The molecule has 0 aliphatic carbocycles. The zero-order chi connectivity index (χ0) is 15.4. The summed E-state index contributed by atoms with van der Waals surface area (Å²) in [5, 5.41) is 21.1. The van der Waals surface area contributed by atoms with Gasteiger partial charge in [-0.15, -0.1) is 0 Å². The van der Waals surface area contributed by atoms with Crippen molar-refractivity contribution in [1.29, 1.82) is 0 Å². The quantitative estimate of drug-likeness (QED) is 0.468. The predicted molar refractivity (Wildman–Crippen MR) is 69.6 cm³/mol. The molecular formula is C12H21N3O5. The monoisotopic (exact) mass is 287 g/mol. The van der Waals surface area contributed by atoms with E-state index in [0.717, 1.165) is 4.90 Å². The summed E-state index contributed by atoms with van der Waals surface area (Å²) < 4.78 is 0. The summed E-state index contributed by atoms with van der Waals surface area (Å²) in [7, 11) is 0. The fraction of sp³-hybridized carbons (Fsp3) is 0.750. The normalized spacial score (nSPS) is 23.8. The van der Waals surface area contributed by atoms with Crippen LogP contribution in [0.4, 0.5) is 0 Å². The van der Waals surface area contributed by atoms with Crippen molar-refractivity contribution in [2.75, 3.05) is 13.1 Å². The highest BCUT2D eigenvalue weighted by atomic mass is 16.4. The molecule has 0 saturated carbocycles. The van der Waals surface area contributed by atoms with Crippen LogP contribution in [-0.4, -0.2) is 64.2 Å². The minimum atomic E-state index is -1.16. The standard InChI is InChI=1S/C12H21N3O5/c1-6(2)10(14-9(17)4-13)11(18)15-5-7(16)3-8(15)12(19)20/h6-8,10,16H,3-5,13H2,1-2H3,(H,14,17)(H,19,20)/t7-,8+,10-/m1/s1. The molecule has 0 aromatic heterocycles. The Labute approximate surface area is 116 Å². The van der Waals surface area contributed by atoms with Gasteiger partial charge in [0, 0.05) is 13.0 Å². The number of β-amino-alcohol motifs (C(OH)–C–C–N with tert-alkyl or cyclic N) is 1. The Bertz CT molecular complexity index is 399. The van der Waals surface area contributed by atoms with E-state index in [1.165, 1.54) is 0 Å². The van der Waals surface area contributed by atoms with Crippen molar-refractivity contribution in [3.05, 3.63) is 0 Å². The Hall–Kier alpha value is -1.67. The van der Waals surface area contributed by atoms with Crippen molar-refractivity contribution in [3.8, 4) is 0 Å². The first kappa shape index (κ1) is 16.4. The topological polar surface area (TPSA) is 133 Å². The number of aliphatic hydroxyl groups excluding tert-OH is 1. The zero-order valence-corrected chi connectivity index (χ0v) is 11.6. The van der Waals surface area contributed by atoms with Crippen LogP contribution >= 0.6 is 0 Å². The van der Waals surface area contributed by atoms with E-state index >= 15 is 0 Å². The first-order chi connectivity index (χ1) is 9.27. The maximum absolute atomic E-state index is 12.4. The minimum Gasteiger partial charge on any atom is -0.480 e. The number of likely N-dealkylation sites (tertiary alicyclic amines) is 1.